The first-order valence-corrected chi connectivity index (χ1v) is 7.40. The third-order valence-electron chi connectivity index (χ3n) is 3.26. The summed E-state index contributed by atoms with van der Waals surface area (Å²) in [4.78, 5) is 0. The Balaban J connectivity index is 1.99. The Hall–Kier alpha value is -1.12. The summed E-state index contributed by atoms with van der Waals surface area (Å²) >= 11 is 3.47. The van der Waals surface area contributed by atoms with Crippen LogP contribution in [0.15, 0.2) is 46.9 Å². The highest BCUT2D eigenvalue weighted by Crippen LogP contribution is 2.17. The summed E-state index contributed by atoms with van der Waals surface area (Å²) in [6.07, 6.45) is 0. The first kappa shape index (κ1) is 14.3. The molecule has 19 heavy (non-hydrogen) atoms. The van der Waals surface area contributed by atoms with Gasteiger partial charge in [-0.1, -0.05) is 57.4 Å². The summed E-state index contributed by atoms with van der Waals surface area (Å²) in [5.74, 6) is 0. The van der Waals surface area contributed by atoms with Gasteiger partial charge < -0.3 is 5.32 Å². The number of nitrogens with one attached hydrogen (secondary N) is 1. The first-order chi connectivity index (χ1) is 9.04. The fraction of sp³-hybridized carbons (Fsp3) is 0.294. The van der Waals surface area contributed by atoms with Crippen LogP contribution in [0.4, 0.5) is 0 Å². The molecule has 0 aliphatic carbocycles. The van der Waals surface area contributed by atoms with Gasteiger partial charge in [0.1, 0.15) is 0 Å². The molecule has 0 spiro atoms. The van der Waals surface area contributed by atoms with Crippen LogP contribution in [0, 0.1) is 13.8 Å². The molecule has 2 aromatic rings. The van der Waals surface area contributed by atoms with E-state index in [4.69, 9.17) is 0 Å². The number of aryl methyl sites for hydroxylation is 2. The molecule has 2 aromatic carbocycles. The largest absolute Gasteiger partial charge is 0.306 e. The molecule has 0 saturated heterocycles. The number of benzene rings is 2. The van der Waals surface area contributed by atoms with Gasteiger partial charge in [-0.2, -0.15) is 0 Å². The molecule has 1 atom stereocenters. The van der Waals surface area contributed by atoms with Crippen molar-refractivity contribution in [1.82, 2.24) is 5.32 Å². The van der Waals surface area contributed by atoms with Gasteiger partial charge in [-0.25, -0.2) is 0 Å². The minimum absolute atomic E-state index is 0.355. The van der Waals surface area contributed by atoms with Crippen LogP contribution in [0.5, 0.6) is 0 Å². The zero-order valence-electron chi connectivity index (χ0n) is 11.7. The lowest BCUT2D eigenvalue weighted by molar-refractivity contribution is 0.574. The molecule has 0 aromatic heterocycles. The highest BCUT2D eigenvalue weighted by molar-refractivity contribution is 9.10. The Kier molecular flexibility index (Phi) is 4.78. The zero-order chi connectivity index (χ0) is 13.8. The molecule has 0 aliphatic heterocycles. The van der Waals surface area contributed by atoms with Crippen molar-refractivity contribution in [3.05, 3.63) is 69.2 Å². The highest BCUT2D eigenvalue weighted by atomic mass is 79.9. The van der Waals surface area contributed by atoms with Gasteiger partial charge in [-0.05, 0) is 44.0 Å². The van der Waals surface area contributed by atoms with Crippen LogP contribution in [0.1, 0.15) is 35.2 Å². The van der Waals surface area contributed by atoms with Crippen molar-refractivity contribution in [1.29, 1.82) is 0 Å². The van der Waals surface area contributed by atoms with E-state index in [1.807, 2.05) is 0 Å². The fourth-order valence-corrected chi connectivity index (χ4v) is 2.58. The average molecular weight is 318 g/mol. The van der Waals surface area contributed by atoms with Crippen molar-refractivity contribution in [3.63, 3.8) is 0 Å². The van der Waals surface area contributed by atoms with E-state index in [1.165, 1.54) is 22.3 Å². The smallest absolute Gasteiger partial charge is 0.0294 e. The summed E-state index contributed by atoms with van der Waals surface area (Å²) in [6.45, 7) is 7.40. The second kappa shape index (κ2) is 6.36. The predicted octanol–water partition coefficient (Wildman–Crippen LogP) is 4.92. The molecule has 0 heterocycles. The van der Waals surface area contributed by atoms with E-state index in [9.17, 15) is 0 Å². The molecule has 1 nitrogen and oxygen atoms in total. The maximum Gasteiger partial charge on any atom is 0.0294 e. The second-order valence-corrected chi connectivity index (χ2v) is 6.07. The molecule has 100 valence electrons. The van der Waals surface area contributed by atoms with Crippen LogP contribution < -0.4 is 5.32 Å². The molecule has 0 fully saturated rings. The molecule has 0 bridgehead atoms. The van der Waals surface area contributed by atoms with Crippen LogP contribution in [0.2, 0.25) is 0 Å². The molecule has 1 N–H and O–H groups in total. The van der Waals surface area contributed by atoms with Gasteiger partial charge in [0.2, 0.25) is 0 Å². The topological polar surface area (TPSA) is 12.0 Å². The van der Waals surface area contributed by atoms with E-state index in [1.54, 1.807) is 0 Å². The molecule has 0 saturated carbocycles. The summed E-state index contributed by atoms with van der Waals surface area (Å²) in [5.41, 5.74) is 5.32. The van der Waals surface area contributed by atoms with Crippen molar-refractivity contribution in [3.8, 4) is 0 Å². The Morgan fingerprint density at radius 2 is 1.58 bits per heavy atom. The van der Waals surface area contributed by atoms with E-state index in [0.29, 0.717) is 6.04 Å². The molecular weight excluding hydrogens is 298 g/mol. The Bertz CT molecular complexity index is 525. The summed E-state index contributed by atoms with van der Waals surface area (Å²) in [7, 11) is 0. The van der Waals surface area contributed by atoms with Gasteiger partial charge in [0, 0.05) is 17.1 Å². The van der Waals surface area contributed by atoms with Gasteiger partial charge >= 0.3 is 0 Å². The predicted molar refractivity (Wildman–Crippen MR) is 85.3 cm³/mol. The van der Waals surface area contributed by atoms with Crippen LogP contribution in [-0.4, -0.2) is 0 Å². The van der Waals surface area contributed by atoms with Crippen molar-refractivity contribution in [2.75, 3.05) is 0 Å². The van der Waals surface area contributed by atoms with E-state index >= 15 is 0 Å². The van der Waals surface area contributed by atoms with E-state index in [-0.39, 0.29) is 0 Å². The van der Waals surface area contributed by atoms with Crippen LogP contribution in [-0.2, 0) is 6.54 Å². The fourth-order valence-electron chi connectivity index (χ4n) is 2.31. The number of hydrogen-bond acceptors (Lipinski definition) is 1. The third-order valence-corrected chi connectivity index (χ3v) is 3.79. The standard InChI is InChI=1S/C17H20BrN/c1-12-8-13(2)10-15(9-12)11-19-14(3)16-4-6-17(18)7-5-16/h4-10,14,19H,11H2,1-3H3/t14-/m0/s1. The Morgan fingerprint density at radius 3 is 2.16 bits per heavy atom. The molecule has 0 aliphatic rings. The summed E-state index contributed by atoms with van der Waals surface area (Å²) < 4.78 is 1.12. The molecule has 2 heteroatoms. The summed E-state index contributed by atoms with van der Waals surface area (Å²) in [5, 5.41) is 3.57. The van der Waals surface area contributed by atoms with Crippen molar-refractivity contribution >= 4 is 15.9 Å². The number of rotatable bonds is 4. The maximum atomic E-state index is 3.57. The van der Waals surface area contributed by atoms with Crippen molar-refractivity contribution in [2.24, 2.45) is 0 Å². The lowest BCUT2D eigenvalue weighted by Gasteiger charge is -2.15. The Morgan fingerprint density at radius 1 is 1.00 bits per heavy atom. The first-order valence-electron chi connectivity index (χ1n) is 6.60. The minimum Gasteiger partial charge on any atom is -0.306 e. The number of hydrogen-bond donors (Lipinski definition) is 1. The van der Waals surface area contributed by atoms with E-state index < -0.39 is 0 Å². The molecular formula is C17H20BrN. The quantitative estimate of drug-likeness (QED) is 0.844. The third kappa shape index (κ3) is 4.19. The lowest BCUT2D eigenvalue weighted by atomic mass is 10.1. The minimum atomic E-state index is 0.355. The van der Waals surface area contributed by atoms with Gasteiger partial charge in [-0.15, -0.1) is 0 Å². The number of halogens is 1. The van der Waals surface area contributed by atoms with Crippen molar-refractivity contribution < 1.29 is 0 Å². The van der Waals surface area contributed by atoms with Gasteiger partial charge in [0.25, 0.3) is 0 Å². The van der Waals surface area contributed by atoms with Gasteiger partial charge in [-0.3, -0.25) is 0 Å². The normalized spacial score (nSPS) is 12.4. The van der Waals surface area contributed by atoms with E-state index in [2.05, 4.69) is 84.5 Å². The zero-order valence-corrected chi connectivity index (χ0v) is 13.3. The molecule has 0 amide bonds. The van der Waals surface area contributed by atoms with E-state index in [0.717, 1.165) is 11.0 Å². The van der Waals surface area contributed by atoms with Crippen LogP contribution >= 0.6 is 15.9 Å². The van der Waals surface area contributed by atoms with Crippen LogP contribution in [0.25, 0.3) is 0 Å². The lowest BCUT2D eigenvalue weighted by Crippen LogP contribution is -2.18. The maximum absolute atomic E-state index is 3.57. The molecule has 0 unspecified atom stereocenters. The van der Waals surface area contributed by atoms with Crippen LogP contribution in [0.3, 0.4) is 0 Å². The SMILES string of the molecule is Cc1cc(C)cc(CN[C@@H](C)c2ccc(Br)cc2)c1. The summed E-state index contributed by atoms with van der Waals surface area (Å²) in [6, 6.07) is 15.5. The second-order valence-electron chi connectivity index (χ2n) is 5.15. The average Bonchev–Trinajstić information content (AvgIpc) is 2.36. The molecule has 0 radical (unpaired) electrons. The molecule has 2 rings (SSSR count). The van der Waals surface area contributed by atoms with Crippen molar-refractivity contribution in [2.45, 2.75) is 33.4 Å². The van der Waals surface area contributed by atoms with Gasteiger partial charge in [0.15, 0.2) is 0 Å². The van der Waals surface area contributed by atoms with Gasteiger partial charge in [0.05, 0.1) is 0 Å². The monoisotopic (exact) mass is 317 g/mol. The Labute approximate surface area is 124 Å². The highest BCUT2D eigenvalue weighted by Gasteiger charge is 2.05.